The van der Waals surface area contributed by atoms with Gasteiger partial charge in [0.2, 0.25) is 17.7 Å². The van der Waals surface area contributed by atoms with E-state index in [1.165, 1.54) is 0 Å². The van der Waals surface area contributed by atoms with E-state index in [1.807, 2.05) is 48.5 Å². The number of fused-ring (bicyclic) bond motifs is 1. The molecule has 120 valence electrons. The molecule has 1 aliphatic rings. The van der Waals surface area contributed by atoms with Crippen molar-refractivity contribution in [3.05, 3.63) is 60.0 Å². The summed E-state index contributed by atoms with van der Waals surface area (Å²) in [6.07, 6.45) is 0. The number of hydrogen-bond acceptors (Lipinski definition) is 5. The summed E-state index contributed by atoms with van der Waals surface area (Å²) < 4.78 is 11.0. The van der Waals surface area contributed by atoms with E-state index >= 15 is 0 Å². The maximum Gasteiger partial charge on any atom is 0.247 e. The minimum atomic E-state index is -0.310. The fourth-order valence-electron chi connectivity index (χ4n) is 2.75. The minimum Gasteiger partial charge on any atom is -0.492 e. The van der Waals surface area contributed by atoms with E-state index in [4.69, 9.17) is 9.15 Å². The lowest BCUT2D eigenvalue weighted by atomic mass is 10.0. The molecular formula is C18H15N3O3. The highest BCUT2D eigenvalue weighted by molar-refractivity contribution is 5.97. The number of benzene rings is 2. The Morgan fingerprint density at radius 3 is 2.88 bits per heavy atom. The summed E-state index contributed by atoms with van der Waals surface area (Å²) >= 11 is 0. The summed E-state index contributed by atoms with van der Waals surface area (Å²) in [5, 5.41) is 10.7. The summed E-state index contributed by atoms with van der Waals surface area (Å²) in [6, 6.07) is 14.9. The van der Waals surface area contributed by atoms with Crippen LogP contribution >= 0.6 is 0 Å². The quantitative estimate of drug-likeness (QED) is 0.802. The molecule has 0 unspecified atom stereocenters. The van der Waals surface area contributed by atoms with Crippen LogP contribution in [0.2, 0.25) is 0 Å². The Morgan fingerprint density at radius 1 is 1.17 bits per heavy atom. The van der Waals surface area contributed by atoms with Crippen molar-refractivity contribution in [3.8, 4) is 17.2 Å². The van der Waals surface area contributed by atoms with Crippen LogP contribution in [0.25, 0.3) is 11.5 Å². The Balaban J connectivity index is 1.55. The topological polar surface area (TPSA) is 77.2 Å². The van der Waals surface area contributed by atoms with E-state index in [9.17, 15) is 4.79 Å². The van der Waals surface area contributed by atoms with Gasteiger partial charge in [-0.05, 0) is 24.3 Å². The summed E-state index contributed by atoms with van der Waals surface area (Å²) in [6.45, 7) is 2.09. The molecule has 6 heteroatoms. The fourth-order valence-corrected chi connectivity index (χ4v) is 2.75. The lowest BCUT2D eigenvalue weighted by Crippen LogP contribution is -2.22. The van der Waals surface area contributed by atoms with Crippen molar-refractivity contribution in [2.24, 2.45) is 0 Å². The molecule has 2 heterocycles. The number of aromatic nitrogens is 2. The number of hydrogen-bond donors (Lipinski definition) is 1. The number of amides is 1. The van der Waals surface area contributed by atoms with Gasteiger partial charge >= 0.3 is 0 Å². The highest BCUT2D eigenvalue weighted by Gasteiger charge is 2.30. The molecule has 3 aromatic rings. The smallest absolute Gasteiger partial charge is 0.247 e. The van der Waals surface area contributed by atoms with Crippen molar-refractivity contribution >= 4 is 11.6 Å². The standard InChI is InChI=1S/C18H15N3O3/c1-11-20-21-18(24-11)12-5-4-6-13(9-12)19-17(22)15-10-23-16-8-3-2-7-14(15)16/h2-9,15H,10H2,1H3,(H,19,22)/t15-/m0/s1. The molecule has 1 aromatic heterocycles. The van der Waals surface area contributed by atoms with Gasteiger partial charge in [-0.25, -0.2) is 0 Å². The van der Waals surface area contributed by atoms with Crippen molar-refractivity contribution in [1.82, 2.24) is 10.2 Å². The van der Waals surface area contributed by atoms with Crippen molar-refractivity contribution in [2.45, 2.75) is 12.8 Å². The van der Waals surface area contributed by atoms with Gasteiger partial charge < -0.3 is 14.5 Å². The third-order valence-electron chi connectivity index (χ3n) is 3.92. The molecule has 0 fully saturated rings. The maximum atomic E-state index is 12.6. The third kappa shape index (κ3) is 2.62. The monoisotopic (exact) mass is 321 g/mol. The first-order chi connectivity index (χ1) is 11.7. The first kappa shape index (κ1) is 14.4. The first-order valence-corrected chi connectivity index (χ1v) is 7.64. The van der Waals surface area contributed by atoms with E-state index in [0.29, 0.717) is 24.1 Å². The van der Waals surface area contributed by atoms with Crippen molar-refractivity contribution in [3.63, 3.8) is 0 Å². The Bertz CT molecular complexity index is 904. The molecule has 0 radical (unpaired) electrons. The summed E-state index contributed by atoms with van der Waals surface area (Å²) in [5.41, 5.74) is 2.35. The molecule has 1 aliphatic heterocycles. The minimum absolute atomic E-state index is 0.0983. The predicted octanol–water partition coefficient (Wildman–Crippen LogP) is 3.16. The van der Waals surface area contributed by atoms with Crippen LogP contribution in [0, 0.1) is 6.92 Å². The molecule has 6 nitrogen and oxygen atoms in total. The second kappa shape index (κ2) is 5.81. The molecule has 1 N–H and O–H groups in total. The number of anilines is 1. The van der Waals surface area contributed by atoms with E-state index in [2.05, 4.69) is 15.5 Å². The number of nitrogens with zero attached hydrogens (tertiary/aromatic N) is 2. The molecular weight excluding hydrogens is 306 g/mol. The Labute approximate surface area is 138 Å². The van der Waals surface area contributed by atoms with Gasteiger partial charge in [0.15, 0.2) is 0 Å². The van der Waals surface area contributed by atoms with Crippen LogP contribution in [0.4, 0.5) is 5.69 Å². The van der Waals surface area contributed by atoms with Crippen LogP contribution in [-0.4, -0.2) is 22.7 Å². The van der Waals surface area contributed by atoms with Gasteiger partial charge in [0.1, 0.15) is 18.3 Å². The van der Waals surface area contributed by atoms with E-state index in [0.717, 1.165) is 16.9 Å². The second-order valence-corrected chi connectivity index (χ2v) is 5.60. The zero-order chi connectivity index (χ0) is 16.5. The van der Waals surface area contributed by atoms with Gasteiger partial charge in [0.25, 0.3) is 0 Å². The highest BCUT2D eigenvalue weighted by atomic mass is 16.5. The number of aryl methyl sites for hydroxylation is 1. The van der Waals surface area contributed by atoms with E-state index in [1.54, 1.807) is 6.92 Å². The number of para-hydroxylation sites is 1. The van der Waals surface area contributed by atoms with Crippen LogP contribution < -0.4 is 10.1 Å². The van der Waals surface area contributed by atoms with Crippen LogP contribution in [0.15, 0.2) is 52.9 Å². The van der Waals surface area contributed by atoms with Crippen LogP contribution in [0.3, 0.4) is 0 Å². The lowest BCUT2D eigenvalue weighted by Gasteiger charge is -2.10. The SMILES string of the molecule is Cc1nnc(-c2cccc(NC(=O)[C@H]3COc4ccccc43)c2)o1. The fraction of sp³-hybridized carbons (Fsp3) is 0.167. The average Bonchev–Trinajstić information content (AvgIpc) is 3.21. The molecule has 4 rings (SSSR count). The molecule has 1 amide bonds. The van der Waals surface area contributed by atoms with Gasteiger partial charge in [0, 0.05) is 23.7 Å². The average molecular weight is 321 g/mol. The van der Waals surface area contributed by atoms with Crippen LogP contribution in [0.5, 0.6) is 5.75 Å². The maximum absolute atomic E-state index is 12.6. The van der Waals surface area contributed by atoms with Crippen molar-refractivity contribution in [2.75, 3.05) is 11.9 Å². The number of rotatable bonds is 3. The Kier molecular flexibility index (Phi) is 3.49. The van der Waals surface area contributed by atoms with Gasteiger partial charge in [0.05, 0.1) is 0 Å². The summed E-state index contributed by atoms with van der Waals surface area (Å²) in [4.78, 5) is 12.6. The molecule has 2 aromatic carbocycles. The molecule has 0 aliphatic carbocycles. The van der Waals surface area contributed by atoms with Crippen LogP contribution in [0.1, 0.15) is 17.4 Å². The van der Waals surface area contributed by atoms with Gasteiger partial charge in [-0.1, -0.05) is 24.3 Å². The van der Waals surface area contributed by atoms with Crippen LogP contribution in [-0.2, 0) is 4.79 Å². The number of ether oxygens (including phenoxy) is 1. The van der Waals surface area contributed by atoms with Gasteiger partial charge in [-0.3, -0.25) is 4.79 Å². The number of carbonyl (C=O) groups is 1. The normalized spacial score (nSPS) is 15.6. The molecule has 0 bridgehead atoms. The number of carbonyl (C=O) groups excluding carboxylic acids is 1. The second-order valence-electron chi connectivity index (χ2n) is 5.60. The van der Waals surface area contributed by atoms with Gasteiger partial charge in [-0.2, -0.15) is 0 Å². The van der Waals surface area contributed by atoms with E-state index in [-0.39, 0.29) is 11.8 Å². The molecule has 1 atom stereocenters. The molecule has 0 saturated carbocycles. The Hall–Kier alpha value is -3.15. The van der Waals surface area contributed by atoms with Crippen molar-refractivity contribution in [1.29, 1.82) is 0 Å². The third-order valence-corrected chi connectivity index (χ3v) is 3.92. The zero-order valence-electron chi connectivity index (χ0n) is 13.0. The molecule has 24 heavy (non-hydrogen) atoms. The summed E-state index contributed by atoms with van der Waals surface area (Å²) in [7, 11) is 0. The molecule has 0 saturated heterocycles. The Morgan fingerprint density at radius 2 is 2.04 bits per heavy atom. The first-order valence-electron chi connectivity index (χ1n) is 7.64. The zero-order valence-corrected chi connectivity index (χ0v) is 13.0. The lowest BCUT2D eigenvalue weighted by molar-refractivity contribution is -0.117. The summed E-state index contributed by atoms with van der Waals surface area (Å²) in [5.74, 6) is 1.29. The molecule has 0 spiro atoms. The van der Waals surface area contributed by atoms with Gasteiger partial charge in [-0.15, -0.1) is 10.2 Å². The highest BCUT2D eigenvalue weighted by Crippen LogP contribution is 2.34. The number of nitrogens with one attached hydrogen (secondary N) is 1. The largest absolute Gasteiger partial charge is 0.492 e. The predicted molar refractivity (Wildman–Crippen MR) is 87.8 cm³/mol. The van der Waals surface area contributed by atoms with Crippen molar-refractivity contribution < 1.29 is 13.9 Å². The van der Waals surface area contributed by atoms with E-state index < -0.39 is 0 Å².